The van der Waals surface area contributed by atoms with Gasteiger partial charge < -0.3 is 9.47 Å². The van der Waals surface area contributed by atoms with Gasteiger partial charge in [-0.3, -0.25) is 0 Å². The van der Waals surface area contributed by atoms with Crippen LogP contribution in [0.15, 0.2) is 18.2 Å². The van der Waals surface area contributed by atoms with Gasteiger partial charge in [0.05, 0.1) is 0 Å². The summed E-state index contributed by atoms with van der Waals surface area (Å²) >= 11 is 5.74. The van der Waals surface area contributed by atoms with Crippen molar-refractivity contribution < 1.29 is 27.4 Å². The van der Waals surface area contributed by atoms with Crippen molar-refractivity contribution in [3.05, 3.63) is 28.8 Å². The summed E-state index contributed by atoms with van der Waals surface area (Å²) in [7, 11) is 0. The van der Waals surface area contributed by atoms with Gasteiger partial charge in [-0.05, 0) is 37.6 Å². The van der Waals surface area contributed by atoms with Gasteiger partial charge in [0.2, 0.25) is 0 Å². The normalized spacial score (nSPS) is 12.9. The fourth-order valence-electron chi connectivity index (χ4n) is 1.25. The minimum atomic E-state index is -4.55. The van der Waals surface area contributed by atoms with E-state index in [0.29, 0.717) is 16.3 Å². The molecular formula is C12H12ClF3O3. The molecular weight excluding hydrogens is 285 g/mol. The van der Waals surface area contributed by atoms with E-state index < -0.39 is 24.9 Å². The standard InChI is InChI=1S/C12H12ClF3O3/c1-7-5-9(13)3-4-10(7)19-8(2)11(17)18-6-12(14,15)16/h3-5,8H,6H2,1-2H3. The summed E-state index contributed by atoms with van der Waals surface area (Å²) < 4.78 is 45.0. The van der Waals surface area contributed by atoms with Crippen LogP contribution in [-0.2, 0) is 9.53 Å². The van der Waals surface area contributed by atoms with E-state index in [1.54, 1.807) is 19.1 Å². The summed E-state index contributed by atoms with van der Waals surface area (Å²) in [5.74, 6) is -0.715. The maximum absolute atomic E-state index is 11.9. The second-order valence-corrected chi connectivity index (χ2v) is 4.33. The van der Waals surface area contributed by atoms with E-state index >= 15 is 0 Å². The third-order valence-corrected chi connectivity index (χ3v) is 2.39. The highest BCUT2D eigenvalue weighted by Gasteiger charge is 2.31. The molecule has 1 unspecified atom stereocenters. The molecule has 0 spiro atoms. The molecule has 0 aliphatic heterocycles. The van der Waals surface area contributed by atoms with Crippen molar-refractivity contribution in [2.75, 3.05) is 6.61 Å². The summed E-state index contributed by atoms with van der Waals surface area (Å²) in [6.07, 6.45) is -5.69. The highest BCUT2D eigenvalue weighted by atomic mass is 35.5. The van der Waals surface area contributed by atoms with Crippen LogP contribution < -0.4 is 4.74 Å². The molecule has 0 fully saturated rings. The van der Waals surface area contributed by atoms with E-state index in [9.17, 15) is 18.0 Å². The summed E-state index contributed by atoms with van der Waals surface area (Å²) in [4.78, 5) is 11.3. The van der Waals surface area contributed by atoms with Crippen LogP contribution in [0.1, 0.15) is 12.5 Å². The van der Waals surface area contributed by atoms with Gasteiger partial charge in [0.25, 0.3) is 0 Å². The molecule has 106 valence electrons. The molecule has 0 radical (unpaired) electrons. The Morgan fingerprint density at radius 2 is 2.05 bits per heavy atom. The van der Waals surface area contributed by atoms with Crippen LogP contribution in [-0.4, -0.2) is 24.9 Å². The van der Waals surface area contributed by atoms with Crippen molar-refractivity contribution in [1.29, 1.82) is 0 Å². The number of ether oxygens (including phenoxy) is 2. The molecule has 3 nitrogen and oxygen atoms in total. The fraction of sp³-hybridized carbons (Fsp3) is 0.417. The average molecular weight is 297 g/mol. The third kappa shape index (κ3) is 5.38. The molecule has 0 aromatic heterocycles. The Hall–Kier alpha value is -1.43. The molecule has 19 heavy (non-hydrogen) atoms. The lowest BCUT2D eigenvalue weighted by Crippen LogP contribution is -2.30. The van der Waals surface area contributed by atoms with Crippen molar-refractivity contribution >= 4 is 17.6 Å². The van der Waals surface area contributed by atoms with Gasteiger partial charge >= 0.3 is 12.1 Å². The van der Waals surface area contributed by atoms with Crippen LogP contribution in [0.5, 0.6) is 5.75 Å². The van der Waals surface area contributed by atoms with Crippen molar-refractivity contribution in [3.8, 4) is 5.75 Å². The van der Waals surface area contributed by atoms with Crippen LogP contribution in [0.25, 0.3) is 0 Å². The second kappa shape index (κ2) is 6.14. The largest absolute Gasteiger partial charge is 0.479 e. The number of halogens is 4. The Kier molecular flexibility index (Phi) is 5.05. The Morgan fingerprint density at radius 3 is 2.58 bits per heavy atom. The predicted molar refractivity (Wildman–Crippen MR) is 63.3 cm³/mol. The SMILES string of the molecule is Cc1cc(Cl)ccc1OC(C)C(=O)OCC(F)(F)F. The molecule has 0 aliphatic carbocycles. The lowest BCUT2D eigenvalue weighted by molar-refractivity contribution is -0.190. The number of aryl methyl sites for hydroxylation is 1. The number of benzene rings is 1. The number of carbonyl (C=O) groups excluding carboxylic acids is 1. The summed E-state index contributed by atoms with van der Waals surface area (Å²) in [5, 5.41) is 0.497. The van der Waals surface area contributed by atoms with Crippen molar-refractivity contribution in [1.82, 2.24) is 0 Å². The lowest BCUT2D eigenvalue weighted by Gasteiger charge is -2.16. The molecule has 1 atom stereocenters. The number of rotatable bonds is 4. The first-order valence-corrected chi connectivity index (χ1v) is 5.73. The van der Waals surface area contributed by atoms with Crippen molar-refractivity contribution in [3.63, 3.8) is 0 Å². The van der Waals surface area contributed by atoms with Gasteiger partial charge in [0.15, 0.2) is 12.7 Å². The second-order valence-electron chi connectivity index (χ2n) is 3.89. The predicted octanol–water partition coefficient (Wildman–Crippen LogP) is 3.52. The fourth-order valence-corrected chi connectivity index (χ4v) is 1.48. The van der Waals surface area contributed by atoms with Crippen LogP contribution in [0.4, 0.5) is 13.2 Å². The molecule has 1 rings (SSSR count). The molecule has 0 amide bonds. The Balaban J connectivity index is 2.59. The zero-order valence-electron chi connectivity index (χ0n) is 10.3. The molecule has 0 saturated heterocycles. The number of alkyl halides is 3. The van der Waals surface area contributed by atoms with Crippen LogP contribution in [0.3, 0.4) is 0 Å². The zero-order valence-corrected chi connectivity index (χ0v) is 11.0. The highest BCUT2D eigenvalue weighted by molar-refractivity contribution is 6.30. The lowest BCUT2D eigenvalue weighted by atomic mass is 10.2. The maximum atomic E-state index is 11.9. The first-order chi connectivity index (χ1) is 8.69. The van der Waals surface area contributed by atoms with E-state index in [-0.39, 0.29) is 0 Å². The minimum Gasteiger partial charge on any atom is -0.479 e. The summed E-state index contributed by atoms with van der Waals surface area (Å²) in [6.45, 7) is 1.39. The van der Waals surface area contributed by atoms with Crippen LogP contribution in [0.2, 0.25) is 5.02 Å². The van der Waals surface area contributed by atoms with Gasteiger partial charge in [0.1, 0.15) is 5.75 Å². The van der Waals surface area contributed by atoms with Crippen molar-refractivity contribution in [2.24, 2.45) is 0 Å². The Labute approximate surface area is 113 Å². The Bertz CT molecular complexity index is 460. The van der Waals surface area contributed by atoms with E-state index in [1.165, 1.54) is 13.0 Å². The number of hydrogen-bond donors (Lipinski definition) is 0. The highest BCUT2D eigenvalue weighted by Crippen LogP contribution is 2.23. The molecule has 0 bridgehead atoms. The first kappa shape index (κ1) is 15.6. The monoisotopic (exact) mass is 296 g/mol. The van der Waals surface area contributed by atoms with E-state index in [1.807, 2.05) is 0 Å². The molecule has 1 aromatic carbocycles. The zero-order chi connectivity index (χ0) is 14.6. The van der Waals surface area contributed by atoms with E-state index in [2.05, 4.69) is 4.74 Å². The quantitative estimate of drug-likeness (QED) is 0.798. The molecule has 7 heteroatoms. The molecule has 1 aromatic rings. The van der Waals surface area contributed by atoms with E-state index in [0.717, 1.165) is 0 Å². The summed E-state index contributed by atoms with van der Waals surface area (Å²) in [6, 6.07) is 4.70. The number of hydrogen-bond acceptors (Lipinski definition) is 3. The number of esters is 1. The number of carbonyl (C=O) groups is 1. The van der Waals surface area contributed by atoms with Gasteiger partial charge in [-0.25, -0.2) is 4.79 Å². The first-order valence-electron chi connectivity index (χ1n) is 5.35. The van der Waals surface area contributed by atoms with Crippen LogP contribution >= 0.6 is 11.6 Å². The average Bonchev–Trinajstić information content (AvgIpc) is 2.28. The topological polar surface area (TPSA) is 35.5 Å². The van der Waals surface area contributed by atoms with E-state index in [4.69, 9.17) is 16.3 Å². The van der Waals surface area contributed by atoms with Gasteiger partial charge in [-0.2, -0.15) is 13.2 Å². The van der Waals surface area contributed by atoms with Gasteiger partial charge in [-0.1, -0.05) is 11.6 Å². The van der Waals surface area contributed by atoms with Crippen molar-refractivity contribution in [2.45, 2.75) is 26.1 Å². The molecule has 0 aliphatic rings. The smallest absolute Gasteiger partial charge is 0.422 e. The van der Waals surface area contributed by atoms with Gasteiger partial charge in [0, 0.05) is 5.02 Å². The molecule has 0 heterocycles. The summed E-state index contributed by atoms with van der Waals surface area (Å²) in [5.41, 5.74) is 0.669. The third-order valence-electron chi connectivity index (χ3n) is 2.15. The molecule has 0 N–H and O–H groups in total. The minimum absolute atomic E-state index is 0.362. The van der Waals surface area contributed by atoms with Crippen LogP contribution in [0, 0.1) is 6.92 Å². The van der Waals surface area contributed by atoms with Gasteiger partial charge in [-0.15, -0.1) is 0 Å². The Morgan fingerprint density at radius 1 is 1.42 bits per heavy atom. The molecule has 0 saturated carbocycles. The maximum Gasteiger partial charge on any atom is 0.422 e.